The van der Waals surface area contributed by atoms with E-state index in [4.69, 9.17) is 0 Å². The molecular formula is C42H32N2. The lowest BCUT2D eigenvalue weighted by molar-refractivity contribution is 0.734. The number of anilines is 3. The fraction of sp³-hybridized carbons (Fsp3) is 0.0476. The zero-order valence-corrected chi connectivity index (χ0v) is 24.6. The summed E-state index contributed by atoms with van der Waals surface area (Å²) in [4.78, 5) is 2.48. The molecule has 0 unspecified atom stereocenters. The van der Waals surface area contributed by atoms with Gasteiger partial charge in [0.2, 0.25) is 0 Å². The maximum absolute atomic E-state index is 2.48. The molecule has 8 rings (SSSR count). The van der Waals surface area contributed by atoms with Crippen molar-refractivity contribution in [2.75, 3.05) is 4.90 Å². The quantitative estimate of drug-likeness (QED) is 0.202. The highest BCUT2D eigenvalue weighted by atomic mass is 15.2. The van der Waals surface area contributed by atoms with Crippen LogP contribution < -0.4 is 4.90 Å². The number of para-hydroxylation sites is 3. The van der Waals surface area contributed by atoms with E-state index >= 15 is 0 Å². The zero-order valence-electron chi connectivity index (χ0n) is 24.6. The van der Waals surface area contributed by atoms with Gasteiger partial charge in [-0.25, -0.2) is 0 Å². The van der Waals surface area contributed by atoms with E-state index < -0.39 is 5.41 Å². The van der Waals surface area contributed by atoms with Crippen molar-refractivity contribution in [3.63, 3.8) is 0 Å². The van der Waals surface area contributed by atoms with Gasteiger partial charge in [0.1, 0.15) is 0 Å². The van der Waals surface area contributed by atoms with E-state index in [9.17, 15) is 0 Å². The fourth-order valence-corrected chi connectivity index (χ4v) is 7.31. The van der Waals surface area contributed by atoms with Crippen LogP contribution in [0.3, 0.4) is 0 Å². The van der Waals surface area contributed by atoms with Gasteiger partial charge in [-0.3, -0.25) is 0 Å². The van der Waals surface area contributed by atoms with Crippen LogP contribution in [0.25, 0.3) is 16.9 Å². The van der Waals surface area contributed by atoms with E-state index in [2.05, 4.69) is 192 Å². The second kappa shape index (κ2) is 10.6. The van der Waals surface area contributed by atoms with Crippen LogP contribution in [0.5, 0.6) is 0 Å². The monoisotopic (exact) mass is 564 g/mol. The van der Waals surface area contributed by atoms with Gasteiger partial charge in [0.05, 0.1) is 22.5 Å². The number of nitrogens with zero attached hydrogens (tertiary/aromatic N) is 2. The minimum Gasteiger partial charge on any atom is -0.311 e. The second-order valence-electron chi connectivity index (χ2n) is 11.4. The average molecular weight is 565 g/mol. The third-order valence-electron chi connectivity index (χ3n) is 9.01. The molecule has 2 heterocycles. The highest BCUT2D eigenvalue weighted by Crippen LogP contribution is 2.62. The molecule has 0 spiro atoms. The van der Waals surface area contributed by atoms with Crippen molar-refractivity contribution in [3.8, 4) is 16.9 Å². The Morgan fingerprint density at radius 1 is 0.455 bits per heavy atom. The molecule has 1 aromatic heterocycles. The number of rotatable bonds is 5. The van der Waals surface area contributed by atoms with E-state index in [1.54, 1.807) is 0 Å². The van der Waals surface area contributed by atoms with E-state index in [1.807, 2.05) is 0 Å². The highest BCUT2D eigenvalue weighted by Gasteiger charge is 2.50. The van der Waals surface area contributed by atoms with Crippen molar-refractivity contribution in [1.29, 1.82) is 0 Å². The van der Waals surface area contributed by atoms with Crippen LogP contribution in [0.15, 0.2) is 176 Å². The molecule has 2 heteroatoms. The lowest BCUT2D eigenvalue weighted by Crippen LogP contribution is -2.37. The smallest absolute Gasteiger partial charge is 0.0764 e. The normalized spacial score (nSPS) is 13.2. The summed E-state index contributed by atoms with van der Waals surface area (Å²) < 4.78 is 2.47. The number of benzene rings is 6. The summed E-state index contributed by atoms with van der Waals surface area (Å²) >= 11 is 0. The lowest BCUT2D eigenvalue weighted by atomic mass is 9.62. The van der Waals surface area contributed by atoms with E-state index in [0.29, 0.717) is 0 Å². The predicted octanol–water partition coefficient (Wildman–Crippen LogP) is 10.6. The maximum Gasteiger partial charge on any atom is 0.0764 e. The van der Waals surface area contributed by atoms with Gasteiger partial charge < -0.3 is 9.47 Å². The minimum absolute atomic E-state index is 0.588. The Labute approximate surface area is 259 Å². The molecule has 210 valence electrons. The number of hydrogen-bond donors (Lipinski definition) is 0. The number of aromatic nitrogens is 1. The summed E-state index contributed by atoms with van der Waals surface area (Å²) in [5.41, 5.74) is 12.7. The SMILES string of the molecule is Cc1c2c(c(-c3ccccc3)n1-c1ccccc1)C(c1ccccc1)(c1ccccc1)c1ccccc1N2c1ccccc1. The summed E-state index contributed by atoms with van der Waals surface area (Å²) in [6.07, 6.45) is 0. The Morgan fingerprint density at radius 2 is 0.909 bits per heavy atom. The standard InChI is InChI=1S/C42H32N2/c1-31-40-39(41(32-19-7-2-8-20-32)43(31)35-25-13-5-14-26-35)42(33-21-9-3-10-22-33,34-23-11-4-12-24-34)37-29-17-18-30-38(37)44(40)36-27-15-6-16-28-36/h2-30H,1H3. The first kappa shape index (κ1) is 26.1. The third-order valence-corrected chi connectivity index (χ3v) is 9.01. The van der Waals surface area contributed by atoms with Gasteiger partial charge in [-0.2, -0.15) is 0 Å². The van der Waals surface area contributed by atoms with Crippen LogP contribution in [-0.4, -0.2) is 4.57 Å². The van der Waals surface area contributed by atoms with Crippen molar-refractivity contribution in [3.05, 3.63) is 204 Å². The molecule has 1 aliphatic heterocycles. The third kappa shape index (κ3) is 3.81. The first-order valence-electron chi connectivity index (χ1n) is 15.2. The topological polar surface area (TPSA) is 8.17 Å². The van der Waals surface area contributed by atoms with Crippen LogP contribution >= 0.6 is 0 Å². The minimum atomic E-state index is -0.588. The summed E-state index contributed by atoms with van der Waals surface area (Å²) in [5.74, 6) is 0. The largest absolute Gasteiger partial charge is 0.311 e. The molecule has 0 fully saturated rings. The molecule has 0 saturated heterocycles. The van der Waals surface area contributed by atoms with Crippen molar-refractivity contribution < 1.29 is 0 Å². The first-order valence-corrected chi connectivity index (χ1v) is 15.2. The van der Waals surface area contributed by atoms with Gasteiger partial charge in [0.15, 0.2) is 0 Å². The Bertz CT molecular complexity index is 2010. The van der Waals surface area contributed by atoms with Gasteiger partial charge in [-0.1, -0.05) is 146 Å². The van der Waals surface area contributed by atoms with E-state index in [-0.39, 0.29) is 0 Å². The zero-order chi connectivity index (χ0) is 29.5. The van der Waals surface area contributed by atoms with Gasteiger partial charge >= 0.3 is 0 Å². The van der Waals surface area contributed by atoms with Crippen molar-refractivity contribution >= 4 is 17.1 Å². The van der Waals surface area contributed by atoms with Gasteiger partial charge in [0.25, 0.3) is 0 Å². The molecule has 7 aromatic rings. The molecule has 0 saturated carbocycles. The fourth-order valence-electron chi connectivity index (χ4n) is 7.31. The molecule has 0 bridgehead atoms. The molecule has 44 heavy (non-hydrogen) atoms. The average Bonchev–Trinajstić information content (AvgIpc) is 3.41. The molecule has 0 N–H and O–H groups in total. The summed E-state index contributed by atoms with van der Waals surface area (Å²) in [6, 6.07) is 63.6. The van der Waals surface area contributed by atoms with Crippen LogP contribution in [-0.2, 0) is 5.41 Å². The first-order chi connectivity index (χ1) is 21.8. The summed E-state index contributed by atoms with van der Waals surface area (Å²) in [7, 11) is 0. The van der Waals surface area contributed by atoms with E-state index in [1.165, 1.54) is 50.6 Å². The molecule has 6 aromatic carbocycles. The lowest BCUT2D eigenvalue weighted by Gasteiger charge is -2.46. The van der Waals surface area contributed by atoms with Gasteiger partial charge in [-0.15, -0.1) is 0 Å². The maximum atomic E-state index is 2.48. The Morgan fingerprint density at radius 3 is 1.48 bits per heavy atom. The van der Waals surface area contributed by atoms with Crippen LogP contribution in [0.4, 0.5) is 17.1 Å². The highest BCUT2D eigenvalue weighted by molar-refractivity contribution is 5.96. The number of fused-ring (bicyclic) bond motifs is 2. The van der Waals surface area contributed by atoms with Gasteiger partial charge in [-0.05, 0) is 59.5 Å². The molecule has 0 atom stereocenters. The Balaban J connectivity index is 1.65. The summed E-state index contributed by atoms with van der Waals surface area (Å²) in [5, 5.41) is 0. The molecule has 0 radical (unpaired) electrons. The van der Waals surface area contributed by atoms with Crippen LogP contribution in [0.2, 0.25) is 0 Å². The number of hydrogen-bond acceptors (Lipinski definition) is 1. The van der Waals surface area contributed by atoms with Crippen LogP contribution in [0, 0.1) is 6.92 Å². The molecular weight excluding hydrogens is 532 g/mol. The molecule has 2 nitrogen and oxygen atoms in total. The van der Waals surface area contributed by atoms with Crippen LogP contribution in [0.1, 0.15) is 27.9 Å². The molecule has 0 aliphatic carbocycles. The van der Waals surface area contributed by atoms with Crippen molar-refractivity contribution in [2.24, 2.45) is 0 Å². The predicted molar refractivity (Wildman–Crippen MR) is 182 cm³/mol. The van der Waals surface area contributed by atoms with Gasteiger partial charge in [0, 0.05) is 22.6 Å². The van der Waals surface area contributed by atoms with Crippen molar-refractivity contribution in [1.82, 2.24) is 4.57 Å². The molecule has 0 amide bonds. The second-order valence-corrected chi connectivity index (χ2v) is 11.4. The Hall–Kier alpha value is -5.60. The van der Waals surface area contributed by atoms with E-state index in [0.717, 1.165) is 11.4 Å². The Kier molecular flexibility index (Phi) is 6.27. The summed E-state index contributed by atoms with van der Waals surface area (Å²) in [6.45, 7) is 2.28. The van der Waals surface area contributed by atoms with Crippen molar-refractivity contribution in [2.45, 2.75) is 12.3 Å². The molecule has 1 aliphatic rings.